The molecule has 0 saturated heterocycles. The molecule has 0 atom stereocenters. The van der Waals surface area contributed by atoms with Gasteiger partial charge < -0.3 is 9.84 Å². The van der Waals surface area contributed by atoms with Gasteiger partial charge in [-0.1, -0.05) is 22.8 Å². The van der Waals surface area contributed by atoms with Crippen molar-refractivity contribution in [3.05, 3.63) is 59.2 Å². The summed E-state index contributed by atoms with van der Waals surface area (Å²) < 4.78 is 5.22. The minimum atomic E-state index is -0.0719. The second kappa shape index (κ2) is 7.90. The lowest BCUT2D eigenvalue weighted by atomic mass is 10.2. The van der Waals surface area contributed by atoms with E-state index in [-0.39, 0.29) is 5.91 Å². The summed E-state index contributed by atoms with van der Waals surface area (Å²) in [6.07, 6.45) is 4.87. The van der Waals surface area contributed by atoms with Crippen molar-refractivity contribution < 1.29 is 9.32 Å². The van der Waals surface area contributed by atoms with Crippen LogP contribution < -0.4 is 5.32 Å². The molecule has 3 aromatic rings. The SMILES string of the molecule is Cc1ccc(Cl)cc1NC(=O)CCCc1nc(-c2cccnc2)no1. The third-order valence-electron chi connectivity index (χ3n) is 3.66. The quantitative estimate of drug-likeness (QED) is 0.720. The maximum absolute atomic E-state index is 12.1. The molecule has 0 aliphatic heterocycles. The fraction of sp³-hybridized carbons (Fsp3) is 0.222. The fourth-order valence-electron chi connectivity index (χ4n) is 2.31. The predicted molar refractivity (Wildman–Crippen MR) is 95.3 cm³/mol. The molecule has 6 nitrogen and oxygen atoms in total. The van der Waals surface area contributed by atoms with Gasteiger partial charge in [0.1, 0.15) is 0 Å². The zero-order valence-corrected chi connectivity index (χ0v) is 14.5. The van der Waals surface area contributed by atoms with E-state index in [0.717, 1.165) is 16.8 Å². The summed E-state index contributed by atoms with van der Waals surface area (Å²) >= 11 is 5.95. The minimum Gasteiger partial charge on any atom is -0.339 e. The highest BCUT2D eigenvalue weighted by Crippen LogP contribution is 2.20. The van der Waals surface area contributed by atoms with Gasteiger partial charge in [-0.05, 0) is 43.2 Å². The molecule has 0 bridgehead atoms. The monoisotopic (exact) mass is 356 g/mol. The van der Waals surface area contributed by atoms with E-state index in [1.54, 1.807) is 24.5 Å². The first-order valence-electron chi connectivity index (χ1n) is 7.91. The molecule has 1 aromatic carbocycles. The van der Waals surface area contributed by atoms with Gasteiger partial charge in [-0.2, -0.15) is 4.98 Å². The second-order valence-corrected chi connectivity index (χ2v) is 6.05. The summed E-state index contributed by atoms with van der Waals surface area (Å²) in [4.78, 5) is 20.4. The molecule has 0 spiro atoms. The molecule has 128 valence electrons. The Bertz CT molecular complexity index is 865. The smallest absolute Gasteiger partial charge is 0.226 e. The number of aryl methyl sites for hydroxylation is 2. The molecule has 0 saturated carbocycles. The van der Waals surface area contributed by atoms with Crippen molar-refractivity contribution in [2.24, 2.45) is 0 Å². The van der Waals surface area contributed by atoms with E-state index in [1.165, 1.54) is 0 Å². The number of pyridine rings is 1. The van der Waals surface area contributed by atoms with E-state index < -0.39 is 0 Å². The van der Waals surface area contributed by atoms with Crippen molar-refractivity contribution >= 4 is 23.2 Å². The maximum atomic E-state index is 12.1. The topological polar surface area (TPSA) is 80.9 Å². The van der Waals surface area contributed by atoms with Gasteiger partial charge in [-0.15, -0.1) is 0 Å². The Kier molecular flexibility index (Phi) is 5.40. The number of halogens is 1. The molecule has 0 aliphatic rings. The summed E-state index contributed by atoms with van der Waals surface area (Å²) in [5.41, 5.74) is 2.50. The molecule has 2 heterocycles. The Morgan fingerprint density at radius 3 is 3.00 bits per heavy atom. The number of carbonyl (C=O) groups is 1. The van der Waals surface area contributed by atoms with Gasteiger partial charge in [0, 0.05) is 41.5 Å². The van der Waals surface area contributed by atoms with Gasteiger partial charge in [0.2, 0.25) is 17.6 Å². The van der Waals surface area contributed by atoms with Crippen molar-refractivity contribution in [1.29, 1.82) is 0 Å². The number of aromatic nitrogens is 3. The zero-order valence-electron chi connectivity index (χ0n) is 13.7. The average Bonchev–Trinajstić information content (AvgIpc) is 3.08. The highest BCUT2D eigenvalue weighted by Gasteiger charge is 2.10. The molecule has 0 aliphatic carbocycles. The van der Waals surface area contributed by atoms with Crippen molar-refractivity contribution in [3.63, 3.8) is 0 Å². The van der Waals surface area contributed by atoms with Gasteiger partial charge in [-0.3, -0.25) is 9.78 Å². The lowest BCUT2D eigenvalue weighted by Crippen LogP contribution is -2.12. The van der Waals surface area contributed by atoms with Crippen LogP contribution in [-0.4, -0.2) is 21.0 Å². The van der Waals surface area contributed by atoms with Crippen LogP contribution in [0.3, 0.4) is 0 Å². The third-order valence-corrected chi connectivity index (χ3v) is 3.89. The van der Waals surface area contributed by atoms with Crippen LogP contribution in [0.25, 0.3) is 11.4 Å². The molecule has 0 radical (unpaired) electrons. The summed E-state index contributed by atoms with van der Waals surface area (Å²) in [6, 6.07) is 9.08. The van der Waals surface area contributed by atoms with Gasteiger partial charge in [0.15, 0.2) is 0 Å². The first kappa shape index (κ1) is 17.1. The van der Waals surface area contributed by atoms with Crippen LogP contribution in [0.15, 0.2) is 47.2 Å². The number of benzene rings is 1. The van der Waals surface area contributed by atoms with E-state index in [2.05, 4.69) is 20.4 Å². The predicted octanol–water partition coefficient (Wildman–Crippen LogP) is 4.05. The molecule has 2 aromatic heterocycles. The number of hydrogen-bond acceptors (Lipinski definition) is 5. The van der Waals surface area contributed by atoms with Crippen LogP contribution in [-0.2, 0) is 11.2 Å². The van der Waals surface area contributed by atoms with Crippen LogP contribution in [0.4, 0.5) is 5.69 Å². The molecule has 1 N–H and O–H groups in total. The van der Waals surface area contributed by atoms with E-state index in [0.29, 0.717) is 36.0 Å². The largest absolute Gasteiger partial charge is 0.339 e. The third kappa shape index (κ3) is 4.64. The molecule has 3 rings (SSSR count). The summed E-state index contributed by atoms with van der Waals surface area (Å²) in [5, 5.41) is 7.39. The standard InChI is InChI=1S/C18H17ClN4O2/c1-12-7-8-14(19)10-15(12)21-16(24)5-2-6-17-22-18(23-25-17)13-4-3-9-20-11-13/h3-4,7-11H,2,5-6H2,1H3,(H,21,24). The average molecular weight is 357 g/mol. The highest BCUT2D eigenvalue weighted by atomic mass is 35.5. The minimum absolute atomic E-state index is 0.0719. The van der Waals surface area contributed by atoms with E-state index in [9.17, 15) is 4.79 Å². The first-order valence-corrected chi connectivity index (χ1v) is 8.28. The Balaban J connectivity index is 1.50. The van der Waals surface area contributed by atoms with Crippen LogP contribution >= 0.6 is 11.6 Å². The Labute approximate surface area is 150 Å². The van der Waals surface area contributed by atoms with Crippen molar-refractivity contribution in [2.75, 3.05) is 5.32 Å². The molecule has 0 fully saturated rings. The Hall–Kier alpha value is -2.73. The van der Waals surface area contributed by atoms with Gasteiger partial charge in [0.25, 0.3) is 0 Å². The number of amides is 1. The lowest BCUT2D eigenvalue weighted by Gasteiger charge is -2.08. The molecular weight excluding hydrogens is 340 g/mol. The Morgan fingerprint density at radius 2 is 2.20 bits per heavy atom. The number of anilines is 1. The van der Waals surface area contributed by atoms with E-state index in [1.807, 2.05) is 25.1 Å². The molecular formula is C18H17ClN4O2. The van der Waals surface area contributed by atoms with Gasteiger partial charge in [-0.25, -0.2) is 0 Å². The molecule has 1 amide bonds. The summed E-state index contributed by atoms with van der Waals surface area (Å²) in [7, 11) is 0. The summed E-state index contributed by atoms with van der Waals surface area (Å²) in [6.45, 7) is 1.92. The normalized spacial score (nSPS) is 10.6. The van der Waals surface area contributed by atoms with Crippen molar-refractivity contribution in [1.82, 2.24) is 15.1 Å². The number of nitrogens with one attached hydrogen (secondary N) is 1. The number of rotatable bonds is 6. The highest BCUT2D eigenvalue weighted by molar-refractivity contribution is 6.31. The van der Waals surface area contributed by atoms with Crippen molar-refractivity contribution in [2.45, 2.75) is 26.2 Å². The lowest BCUT2D eigenvalue weighted by molar-refractivity contribution is -0.116. The van der Waals surface area contributed by atoms with Crippen LogP contribution in [0.1, 0.15) is 24.3 Å². The molecule has 7 heteroatoms. The first-order chi connectivity index (χ1) is 12.1. The zero-order chi connectivity index (χ0) is 17.6. The Morgan fingerprint density at radius 1 is 1.32 bits per heavy atom. The number of carbonyl (C=O) groups excluding carboxylic acids is 1. The van der Waals surface area contributed by atoms with Gasteiger partial charge >= 0.3 is 0 Å². The van der Waals surface area contributed by atoms with Crippen LogP contribution in [0.2, 0.25) is 5.02 Å². The fourth-order valence-corrected chi connectivity index (χ4v) is 2.48. The van der Waals surface area contributed by atoms with Crippen LogP contribution in [0.5, 0.6) is 0 Å². The van der Waals surface area contributed by atoms with E-state index in [4.69, 9.17) is 16.1 Å². The maximum Gasteiger partial charge on any atom is 0.226 e. The van der Waals surface area contributed by atoms with Crippen LogP contribution in [0, 0.1) is 6.92 Å². The van der Waals surface area contributed by atoms with Gasteiger partial charge in [0.05, 0.1) is 0 Å². The number of nitrogens with zero attached hydrogens (tertiary/aromatic N) is 3. The second-order valence-electron chi connectivity index (χ2n) is 5.61. The molecule has 0 unspecified atom stereocenters. The van der Waals surface area contributed by atoms with E-state index >= 15 is 0 Å². The number of hydrogen-bond donors (Lipinski definition) is 1. The van der Waals surface area contributed by atoms with Crippen molar-refractivity contribution in [3.8, 4) is 11.4 Å². The summed E-state index contributed by atoms with van der Waals surface area (Å²) in [5.74, 6) is 0.935. The molecule has 25 heavy (non-hydrogen) atoms.